The van der Waals surface area contributed by atoms with Gasteiger partial charge in [-0.2, -0.15) is 0 Å². The van der Waals surface area contributed by atoms with E-state index in [1.165, 1.54) is 0 Å². The molecule has 1 aliphatic heterocycles. The summed E-state index contributed by atoms with van der Waals surface area (Å²) < 4.78 is 10.5. The fraction of sp³-hybridized carbons (Fsp3) is 1.00. The lowest BCUT2D eigenvalue weighted by atomic mass is 10.2. The Hall–Kier alpha value is -0.160. The molecule has 1 saturated heterocycles. The smallest absolute Gasteiger partial charge is 0.158 e. The molecule has 1 unspecified atom stereocenters. The topological polar surface area (TPSA) is 58.9 Å². The molecule has 12 heavy (non-hydrogen) atoms. The normalized spacial score (nSPS) is 24.8. The number of hydrogen-bond donors (Lipinski definition) is 2. The van der Waals surface area contributed by atoms with Gasteiger partial charge in [0.1, 0.15) is 6.10 Å². The number of rotatable bonds is 4. The van der Waals surface area contributed by atoms with Gasteiger partial charge in [0.2, 0.25) is 0 Å². The minimum absolute atomic E-state index is 0.156. The van der Waals surface area contributed by atoms with Crippen molar-refractivity contribution in [2.24, 2.45) is 0 Å². The summed E-state index contributed by atoms with van der Waals surface area (Å²) in [4.78, 5) is 0. The van der Waals surface area contributed by atoms with Gasteiger partial charge < -0.3 is 19.7 Å². The van der Waals surface area contributed by atoms with Crippen molar-refractivity contribution in [2.75, 3.05) is 19.8 Å². The Kier molecular flexibility index (Phi) is 4.53. The zero-order valence-corrected chi connectivity index (χ0v) is 7.11. The second-order valence-corrected chi connectivity index (χ2v) is 2.92. The van der Waals surface area contributed by atoms with E-state index < -0.39 is 6.10 Å². The van der Waals surface area contributed by atoms with E-state index >= 15 is 0 Å². The Morgan fingerprint density at radius 2 is 2.08 bits per heavy atom. The Balaban J connectivity index is 2.18. The van der Waals surface area contributed by atoms with Gasteiger partial charge >= 0.3 is 0 Å². The molecular formula is C8H16O4. The molecule has 72 valence electrons. The Morgan fingerprint density at radius 3 is 2.58 bits per heavy atom. The molecule has 0 aliphatic carbocycles. The summed E-state index contributed by atoms with van der Waals surface area (Å²) in [5.41, 5.74) is 0. The molecule has 1 rings (SSSR count). The predicted molar refractivity (Wildman–Crippen MR) is 42.6 cm³/mol. The van der Waals surface area contributed by atoms with Crippen LogP contribution in [0.15, 0.2) is 0 Å². The summed E-state index contributed by atoms with van der Waals surface area (Å²) >= 11 is 0. The van der Waals surface area contributed by atoms with Gasteiger partial charge in [0, 0.05) is 6.61 Å². The zero-order chi connectivity index (χ0) is 8.81. The average molecular weight is 176 g/mol. The number of hydrogen-bond acceptors (Lipinski definition) is 4. The van der Waals surface area contributed by atoms with Crippen molar-refractivity contribution in [2.45, 2.75) is 31.7 Å². The van der Waals surface area contributed by atoms with Crippen LogP contribution in [-0.2, 0) is 9.47 Å². The van der Waals surface area contributed by atoms with Crippen LogP contribution in [0.25, 0.3) is 0 Å². The maximum Gasteiger partial charge on any atom is 0.158 e. The first kappa shape index (κ1) is 9.92. The first-order chi connectivity index (χ1) is 5.86. The largest absolute Gasteiger partial charge is 0.394 e. The molecule has 0 aromatic rings. The second kappa shape index (κ2) is 5.48. The molecule has 0 bridgehead atoms. The van der Waals surface area contributed by atoms with Gasteiger partial charge in [-0.1, -0.05) is 0 Å². The van der Waals surface area contributed by atoms with E-state index in [0.717, 1.165) is 19.3 Å². The molecule has 4 nitrogen and oxygen atoms in total. The SMILES string of the molecule is OCC(CO)OC1CCCCO1. The Morgan fingerprint density at radius 1 is 1.33 bits per heavy atom. The van der Waals surface area contributed by atoms with E-state index in [1.807, 2.05) is 0 Å². The van der Waals surface area contributed by atoms with E-state index in [0.29, 0.717) is 6.61 Å². The van der Waals surface area contributed by atoms with E-state index in [1.54, 1.807) is 0 Å². The number of aliphatic hydroxyl groups excluding tert-OH is 2. The van der Waals surface area contributed by atoms with Crippen LogP contribution >= 0.6 is 0 Å². The van der Waals surface area contributed by atoms with Crippen LogP contribution < -0.4 is 0 Å². The van der Waals surface area contributed by atoms with Crippen LogP contribution in [-0.4, -0.2) is 42.4 Å². The average Bonchev–Trinajstić information content (AvgIpc) is 2.16. The molecule has 1 fully saturated rings. The summed E-state index contributed by atoms with van der Waals surface area (Å²) in [7, 11) is 0. The lowest BCUT2D eigenvalue weighted by Crippen LogP contribution is -2.32. The van der Waals surface area contributed by atoms with E-state index in [9.17, 15) is 0 Å². The van der Waals surface area contributed by atoms with Crippen molar-refractivity contribution in [1.29, 1.82) is 0 Å². The van der Waals surface area contributed by atoms with Crippen LogP contribution in [0.4, 0.5) is 0 Å². The monoisotopic (exact) mass is 176 g/mol. The van der Waals surface area contributed by atoms with Gasteiger partial charge in [-0.15, -0.1) is 0 Å². The van der Waals surface area contributed by atoms with Crippen LogP contribution in [0.3, 0.4) is 0 Å². The molecule has 0 radical (unpaired) electrons. The van der Waals surface area contributed by atoms with Gasteiger partial charge in [0.15, 0.2) is 6.29 Å². The maximum absolute atomic E-state index is 8.72. The summed E-state index contributed by atoms with van der Waals surface area (Å²) in [6.45, 7) is 0.404. The fourth-order valence-electron chi connectivity index (χ4n) is 1.18. The minimum atomic E-state index is -0.493. The molecule has 0 amide bonds. The highest BCUT2D eigenvalue weighted by atomic mass is 16.7. The standard InChI is InChI=1S/C8H16O4/c9-5-7(6-10)12-8-3-1-2-4-11-8/h7-10H,1-6H2. The third-order valence-corrected chi connectivity index (χ3v) is 1.89. The quantitative estimate of drug-likeness (QED) is 0.627. The van der Waals surface area contributed by atoms with Crippen LogP contribution in [0, 0.1) is 0 Å². The van der Waals surface area contributed by atoms with Crippen LogP contribution in [0.5, 0.6) is 0 Å². The highest BCUT2D eigenvalue weighted by Crippen LogP contribution is 2.14. The molecule has 0 aromatic heterocycles. The van der Waals surface area contributed by atoms with Gasteiger partial charge in [-0.05, 0) is 19.3 Å². The van der Waals surface area contributed by atoms with E-state index in [2.05, 4.69) is 0 Å². The highest BCUT2D eigenvalue weighted by Gasteiger charge is 2.18. The van der Waals surface area contributed by atoms with Crippen molar-refractivity contribution in [3.63, 3.8) is 0 Å². The van der Waals surface area contributed by atoms with E-state index in [4.69, 9.17) is 19.7 Å². The number of aliphatic hydroxyl groups is 2. The molecule has 2 N–H and O–H groups in total. The van der Waals surface area contributed by atoms with Crippen molar-refractivity contribution >= 4 is 0 Å². The van der Waals surface area contributed by atoms with Crippen molar-refractivity contribution < 1.29 is 19.7 Å². The molecular weight excluding hydrogens is 160 g/mol. The molecule has 0 aromatic carbocycles. The summed E-state index contributed by atoms with van der Waals surface area (Å²) in [5.74, 6) is 0. The van der Waals surface area contributed by atoms with Crippen molar-refractivity contribution in [1.82, 2.24) is 0 Å². The lowest BCUT2D eigenvalue weighted by molar-refractivity contribution is -0.201. The third kappa shape index (κ3) is 3.06. The van der Waals surface area contributed by atoms with Gasteiger partial charge in [-0.3, -0.25) is 0 Å². The highest BCUT2D eigenvalue weighted by molar-refractivity contribution is 4.59. The Labute approximate surface area is 72.1 Å². The minimum Gasteiger partial charge on any atom is -0.394 e. The molecule has 1 atom stereocenters. The lowest BCUT2D eigenvalue weighted by Gasteiger charge is -2.25. The first-order valence-electron chi connectivity index (χ1n) is 4.35. The molecule has 1 aliphatic rings. The van der Waals surface area contributed by atoms with E-state index in [-0.39, 0.29) is 19.5 Å². The first-order valence-corrected chi connectivity index (χ1v) is 4.35. The Bertz CT molecular complexity index is 108. The van der Waals surface area contributed by atoms with Crippen LogP contribution in [0.2, 0.25) is 0 Å². The van der Waals surface area contributed by atoms with Gasteiger partial charge in [-0.25, -0.2) is 0 Å². The predicted octanol–water partition coefficient (Wildman–Crippen LogP) is -0.117. The zero-order valence-electron chi connectivity index (χ0n) is 7.11. The summed E-state index contributed by atoms with van der Waals surface area (Å²) in [6.07, 6.45) is 2.30. The maximum atomic E-state index is 8.72. The van der Waals surface area contributed by atoms with Crippen molar-refractivity contribution in [3.05, 3.63) is 0 Å². The summed E-state index contributed by atoms with van der Waals surface area (Å²) in [5, 5.41) is 17.4. The molecule has 4 heteroatoms. The number of ether oxygens (including phenoxy) is 2. The fourth-order valence-corrected chi connectivity index (χ4v) is 1.18. The van der Waals surface area contributed by atoms with Gasteiger partial charge in [0.05, 0.1) is 13.2 Å². The molecule has 0 spiro atoms. The van der Waals surface area contributed by atoms with Crippen LogP contribution in [0.1, 0.15) is 19.3 Å². The van der Waals surface area contributed by atoms with Crippen molar-refractivity contribution in [3.8, 4) is 0 Å². The molecule has 1 heterocycles. The second-order valence-electron chi connectivity index (χ2n) is 2.92. The third-order valence-electron chi connectivity index (χ3n) is 1.89. The molecule has 0 saturated carbocycles. The summed E-state index contributed by atoms with van der Waals surface area (Å²) in [6, 6.07) is 0. The van der Waals surface area contributed by atoms with Gasteiger partial charge in [0.25, 0.3) is 0 Å².